The number of fused-ring (bicyclic) bond motifs is 1. The third-order valence-corrected chi connectivity index (χ3v) is 5.38. The molecule has 0 spiro atoms. The first-order valence-corrected chi connectivity index (χ1v) is 7.99. The molecule has 1 amide bonds. The Morgan fingerprint density at radius 3 is 3.32 bits per heavy atom. The first-order chi connectivity index (χ1) is 9.17. The van der Waals surface area contributed by atoms with Crippen LogP contribution in [0.15, 0.2) is 4.99 Å². The van der Waals surface area contributed by atoms with E-state index in [1.165, 1.54) is 0 Å². The Bertz CT molecular complexity index is 415. The van der Waals surface area contributed by atoms with Crippen molar-refractivity contribution in [1.29, 1.82) is 0 Å². The predicted molar refractivity (Wildman–Crippen MR) is 76.0 cm³/mol. The molecule has 0 radical (unpaired) electrons. The van der Waals surface area contributed by atoms with Crippen LogP contribution < -0.4 is 11.1 Å². The Morgan fingerprint density at radius 2 is 2.53 bits per heavy atom. The molecule has 0 unspecified atom stereocenters. The third kappa shape index (κ3) is 2.25. The molecule has 2 aliphatic heterocycles. The van der Waals surface area contributed by atoms with Crippen LogP contribution in [0.4, 0.5) is 0 Å². The number of amides is 1. The fraction of sp³-hybridized carbons (Fsp3) is 0.846. The average Bonchev–Trinajstić information content (AvgIpc) is 3.10. The Balaban J connectivity index is 1.72. The van der Waals surface area contributed by atoms with E-state index in [0.29, 0.717) is 23.6 Å². The van der Waals surface area contributed by atoms with Gasteiger partial charge < -0.3 is 15.8 Å². The molecule has 2 heterocycles. The zero-order valence-corrected chi connectivity index (χ0v) is 12.0. The van der Waals surface area contributed by atoms with Crippen molar-refractivity contribution < 1.29 is 9.53 Å². The minimum atomic E-state index is -0.219. The van der Waals surface area contributed by atoms with Gasteiger partial charge in [0, 0.05) is 24.1 Å². The van der Waals surface area contributed by atoms with Crippen LogP contribution in [-0.4, -0.2) is 42.1 Å². The summed E-state index contributed by atoms with van der Waals surface area (Å²) < 4.78 is 5.65. The van der Waals surface area contributed by atoms with Crippen molar-refractivity contribution >= 4 is 22.8 Å². The summed E-state index contributed by atoms with van der Waals surface area (Å²) >= 11 is 1.61. The lowest BCUT2D eigenvalue weighted by molar-refractivity contribution is -0.122. The van der Waals surface area contributed by atoms with Crippen molar-refractivity contribution in [3.05, 3.63) is 0 Å². The lowest BCUT2D eigenvalue weighted by Crippen LogP contribution is -2.45. The van der Waals surface area contributed by atoms with Crippen molar-refractivity contribution in [1.82, 2.24) is 5.32 Å². The van der Waals surface area contributed by atoms with Crippen molar-refractivity contribution in [2.75, 3.05) is 25.5 Å². The Morgan fingerprint density at radius 1 is 1.68 bits per heavy atom. The number of aliphatic imine (C=N–C) groups is 1. The summed E-state index contributed by atoms with van der Waals surface area (Å²) in [7, 11) is 0. The summed E-state index contributed by atoms with van der Waals surface area (Å²) in [4.78, 5) is 16.8. The van der Waals surface area contributed by atoms with Crippen LogP contribution in [0, 0.1) is 17.8 Å². The van der Waals surface area contributed by atoms with Gasteiger partial charge in [-0.25, -0.2) is 0 Å². The van der Waals surface area contributed by atoms with E-state index in [1.54, 1.807) is 11.8 Å². The molecule has 1 saturated heterocycles. The average molecular weight is 283 g/mol. The molecule has 0 bridgehead atoms. The van der Waals surface area contributed by atoms with Crippen LogP contribution in [0.3, 0.4) is 0 Å². The molecule has 3 aliphatic rings. The van der Waals surface area contributed by atoms with Gasteiger partial charge in [-0.05, 0) is 18.8 Å². The smallest absolute Gasteiger partial charge is 0.223 e. The molecular weight excluding hydrogens is 262 g/mol. The number of hydrogen-bond donors (Lipinski definition) is 2. The van der Waals surface area contributed by atoms with Gasteiger partial charge in [0.15, 0.2) is 5.17 Å². The molecule has 1 saturated carbocycles. The second-order valence-corrected chi connectivity index (χ2v) is 6.74. The predicted octanol–water partition coefficient (Wildman–Crippen LogP) is 0.595. The minimum Gasteiger partial charge on any atom is -0.379 e. The highest BCUT2D eigenvalue weighted by atomic mass is 32.2. The molecule has 4 atom stereocenters. The van der Waals surface area contributed by atoms with E-state index in [-0.39, 0.29) is 17.4 Å². The van der Waals surface area contributed by atoms with E-state index >= 15 is 0 Å². The first kappa shape index (κ1) is 13.2. The van der Waals surface area contributed by atoms with Gasteiger partial charge in [0.25, 0.3) is 0 Å². The van der Waals surface area contributed by atoms with Crippen molar-refractivity contribution in [3.8, 4) is 0 Å². The zero-order valence-electron chi connectivity index (χ0n) is 11.2. The monoisotopic (exact) mass is 283 g/mol. The van der Waals surface area contributed by atoms with Gasteiger partial charge in [0.1, 0.15) is 0 Å². The van der Waals surface area contributed by atoms with Gasteiger partial charge >= 0.3 is 0 Å². The number of nitrogens with one attached hydrogen (secondary N) is 1. The second kappa shape index (κ2) is 4.98. The third-order valence-electron chi connectivity index (χ3n) is 4.43. The highest BCUT2D eigenvalue weighted by Gasteiger charge is 2.62. The molecular formula is C13H21N3O2S. The van der Waals surface area contributed by atoms with E-state index in [1.807, 2.05) is 0 Å². The highest BCUT2D eigenvalue weighted by Crippen LogP contribution is 2.55. The fourth-order valence-electron chi connectivity index (χ4n) is 3.28. The van der Waals surface area contributed by atoms with Crippen LogP contribution >= 0.6 is 11.8 Å². The van der Waals surface area contributed by atoms with E-state index in [4.69, 9.17) is 15.5 Å². The summed E-state index contributed by atoms with van der Waals surface area (Å²) in [5.41, 5.74) is 5.68. The topological polar surface area (TPSA) is 76.7 Å². The SMILES string of the molecule is CCCNC(=O)[C@@H]1C[C@H]1[C@]12COC[C@H]1CSC(N)=N2. The lowest BCUT2D eigenvalue weighted by atomic mass is 9.83. The number of nitrogens with zero attached hydrogens (tertiary/aromatic N) is 1. The number of nitrogens with two attached hydrogens (primary N) is 1. The summed E-state index contributed by atoms with van der Waals surface area (Å²) in [6, 6.07) is 0. The Labute approximate surface area is 117 Å². The van der Waals surface area contributed by atoms with Crippen molar-refractivity contribution in [2.24, 2.45) is 28.5 Å². The molecule has 6 heteroatoms. The number of thioether (sulfide) groups is 1. The number of carbonyl (C=O) groups excluding carboxylic acids is 1. The molecule has 3 N–H and O–H groups in total. The normalized spacial score (nSPS) is 40.5. The molecule has 3 rings (SSSR count). The maximum absolute atomic E-state index is 12.0. The summed E-state index contributed by atoms with van der Waals surface area (Å²) in [6.07, 6.45) is 1.90. The number of hydrogen-bond acceptors (Lipinski definition) is 5. The standard InChI is InChI=1S/C13H21N3O2S/c1-2-3-15-11(17)9-4-10(9)13-7-18-5-8(13)6-19-12(14)16-13/h8-10H,2-7H2,1H3,(H2,14,16)(H,15,17)/t8-,9+,10+,13-/m0/s1. The van der Waals surface area contributed by atoms with E-state index in [0.717, 1.165) is 31.7 Å². The van der Waals surface area contributed by atoms with Gasteiger partial charge in [-0.2, -0.15) is 0 Å². The highest BCUT2D eigenvalue weighted by molar-refractivity contribution is 8.13. The van der Waals surface area contributed by atoms with Crippen LogP contribution in [-0.2, 0) is 9.53 Å². The second-order valence-electron chi connectivity index (χ2n) is 5.70. The molecule has 0 aromatic heterocycles. The van der Waals surface area contributed by atoms with Gasteiger partial charge in [-0.3, -0.25) is 9.79 Å². The molecule has 0 aromatic carbocycles. The van der Waals surface area contributed by atoms with Crippen LogP contribution in [0.5, 0.6) is 0 Å². The van der Waals surface area contributed by atoms with Gasteiger partial charge in [-0.1, -0.05) is 18.7 Å². The van der Waals surface area contributed by atoms with Crippen molar-refractivity contribution in [3.63, 3.8) is 0 Å². The number of rotatable bonds is 4. The summed E-state index contributed by atoms with van der Waals surface area (Å²) in [6.45, 7) is 4.20. The maximum Gasteiger partial charge on any atom is 0.223 e. The molecule has 19 heavy (non-hydrogen) atoms. The Hall–Kier alpha value is -0.750. The van der Waals surface area contributed by atoms with E-state index < -0.39 is 0 Å². The molecule has 1 aliphatic carbocycles. The van der Waals surface area contributed by atoms with Crippen LogP contribution in [0.25, 0.3) is 0 Å². The van der Waals surface area contributed by atoms with Crippen LogP contribution in [0.1, 0.15) is 19.8 Å². The van der Waals surface area contributed by atoms with E-state index in [2.05, 4.69) is 12.2 Å². The van der Waals surface area contributed by atoms with Crippen molar-refractivity contribution in [2.45, 2.75) is 25.3 Å². The first-order valence-electron chi connectivity index (χ1n) is 7.01. The quantitative estimate of drug-likeness (QED) is 0.792. The largest absolute Gasteiger partial charge is 0.379 e. The number of ether oxygens (including phenoxy) is 1. The van der Waals surface area contributed by atoms with Gasteiger partial charge in [0.05, 0.1) is 18.8 Å². The molecule has 0 aromatic rings. The summed E-state index contributed by atoms with van der Waals surface area (Å²) in [5.74, 6) is 1.99. The summed E-state index contributed by atoms with van der Waals surface area (Å²) in [5, 5.41) is 3.64. The number of carbonyl (C=O) groups is 1. The molecule has 2 fully saturated rings. The Kier molecular flexibility index (Phi) is 3.47. The zero-order chi connectivity index (χ0) is 13.5. The van der Waals surface area contributed by atoms with Gasteiger partial charge in [-0.15, -0.1) is 0 Å². The maximum atomic E-state index is 12.0. The van der Waals surface area contributed by atoms with Crippen LogP contribution in [0.2, 0.25) is 0 Å². The minimum absolute atomic E-state index is 0.107. The molecule has 106 valence electrons. The van der Waals surface area contributed by atoms with Gasteiger partial charge in [0.2, 0.25) is 5.91 Å². The lowest BCUT2D eigenvalue weighted by Gasteiger charge is -2.34. The number of amidine groups is 1. The fourth-order valence-corrected chi connectivity index (χ4v) is 4.27. The van der Waals surface area contributed by atoms with E-state index in [9.17, 15) is 4.79 Å². The molecule has 5 nitrogen and oxygen atoms in total.